The summed E-state index contributed by atoms with van der Waals surface area (Å²) in [5.74, 6) is 0.497. The second kappa shape index (κ2) is 9.52. The molecule has 7 heteroatoms. The largest absolute Gasteiger partial charge is 0.378 e. The van der Waals surface area contributed by atoms with Crippen molar-refractivity contribution in [3.63, 3.8) is 0 Å². The van der Waals surface area contributed by atoms with Gasteiger partial charge < -0.3 is 20.7 Å². The highest BCUT2D eigenvalue weighted by Gasteiger charge is 2.53. The van der Waals surface area contributed by atoms with Crippen LogP contribution in [0.3, 0.4) is 0 Å². The van der Waals surface area contributed by atoms with Crippen LogP contribution >= 0.6 is 0 Å². The lowest BCUT2D eigenvalue weighted by molar-refractivity contribution is -0.133. The number of carbonyl (C=O) groups excluding carboxylic acids is 1. The molecule has 2 unspecified atom stereocenters. The van der Waals surface area contributed by atoms with Crippen molar-refractivity contribution in [2.24, 2.45) is 10.4 Å². The van der Waals surface area contributed by atoms with Gasteiger partial charge in [-0.2, -0.15) is 0 Å². The van der Waals surface area contributed by atoms with Crippen LogP contribution < -0.4 is 16.0 Å². The van der Waals surface area contributed by atoms with Gasteiger partial charge in [0, 0.05) is 31.3 Å². The van der Waals surface area contributed by atoms with Gasteiger partial charge in [-0.25, -0.2) is 0 Å². The number of aliphatic imine (C=N–C) groups is 1. The van der Waals surface area contributed by atoms with Crippen LogP contribution in [0.15, 0.2) is 29.5 Å². The van der Waals surface area contributed by atoms with Crippen LogP contribution in [0, 0.1) is 5.41 Å². The molecule has 144 valence electrons. The summed E-state index contributed by atoms with van der Waals surface area (Å²) in [6, 6.07) is 3.88. The molecule has 1 aromatic rings. The molecule has 0 spiro atoms. The van der Waals surface area contributed by atoms with E-state index in [2.05, 4.69) is 39.8 Å². The first-order chi connectivity index (χ1) is 12.6. The molecule has 0 aliphatic heterocycles. The van der Waals surface area contributed by atoms with Crippen molar-refractivity contribution in [3.8, 4) is 0 Å². The van der Waals surface area contributed by atoms with E-state index in [1.165, 1.54) is 0 Å². The molecule has 1 saturated carbocycles. The van der Waals surface area contributed by atoms with Gasteiger partial charge in [0.15, 0.2) is 5.96 Å². The van der Waals surface area contributed by atoms with Gasteiger partial charge in [-0.1, -0.05) is 13.8 Å². The van der Waals surface area contributed by atoms with E-state index in [1.807, 2.05) is 6.92 Å². The number of nitrogens with zero attached hydrogens (tertiary/aromatic N) is 2. The fourth-order valence-corrected chi connectivity index (χ4v) is 3.75. The maximum absolute atomic E-state index is 12.1. The number of anilines is 1. The van der Waals surface area contributed by atoms with Crippen molar-refractivity contribution in [1.82, 2.24) is 15.6 Å². The minimum atomic E-state index is -0.140. The lowest BCUT2D eigenvalue weighted by atomic mass is 9.58. The molecule has 2 rings (SSSR count). The Bertz CT molecular complexity index is 601. The summed E-state index contributed by atoms with van der Waals surface area (Å²) in [7, 11) is 1.71. The monoisotopic (exact) mass is 361 g/mol. The average molecular weight is 361 g/mol. The second-order valence-corrected chi connectivity index (χ2v) is 6.53. The highest BCUT2D eigenvalue weighted by atomic mass is 16.5. The van der Waals surface area contributed by atoms with Crippen LogP contribution in [0.25, 0.3) is 0 Å². The van der Waals surface area contributed by atoms with Crippen LogP contribution in [-0.2, 0) is 9.53 Å². The third kappa shape index (κ3) is 4.52. The Labute approximate surface area is 156 Å². The number of carbonyl (C=O) groups is 1. The van der Waals surface area contributed by atoms with Gasteiger partial charge in [0.1, 0.15) is 0 Å². The van der Waals surface area contributed by atoms with Gasteiger partial charge in [0.2, 0.25) is 5.91 Å². The molecule has 0 radical (unpaired) electrons. The van der Waals surface area contributed by atoms with Crippen molar-refractivity contribution in [2.45, 2.75) is 52.2 Å². The lowest BCUT2D eigenvalue weighted by Crippen LogP contribution is -2.65. The van der Waals surface area contributed by atoms with Gasteiger partial charge in [0.05, 0.1) is 24.5 Å². The summed E-state index contributed by atoms with van der Waals surface area (Å²) in [5, 5.41) is 9.36. The van der Waals surface area contributed by atoms with Crippen molar-refractivity contribution in [2.75, 3.05) is 25.5 Å². The Hall–Kier alpha value is -2.15. The fraction of sp³-hybridized carbons (Fsp3) is 0.632. The SMILES string of the molecule is CCOC1CC(NC(=NC)NCC(=O)Nc2cccnc2)C1(CC)CC. The molecule has 1 amide bonds. The van der Waals surface area contributed by atoms with Gasteiger partial charge in [-0.05, 0) is 38.3 Å². The minimum absolute atomic E-state index is 0.117. The molecule has 1 aliphatic carbocycles. The van der Waals surface area contributed by atoms with Crippen molar-refractivity contribution >= 4 is 17.6 Å². The predicted octanol–water partition coefficient (Wildman–Crippen LogP) is 2.17. The van der Waals surface area contributed by atoms with E-state index in [4.69, 9.17) is 4.74 Å². The number of rotatable bonds is 8. The topological polar surface area (TPSA) is 87.6 Å². The molecule has 1 aliphatic rings. The van der Waals surface area contributed by atoms with E-state index in [0.717, 1.165) is 25.9 Å². The first-order valence-corrected chi connectivity index (χ1v) is 9.38. The Morgan fingerprint density at radius 1 is 1.38 bits per heavy atom. The maximum Gasteiger partial charge on any atom is 0.243 e. The van der Waals surface area contributed by atoms with Crippen molar-refractivity contribution in [1.29, 1.82) is 0 Å². The molecular weight excluding hydrogens is 330 g/mol. The zero-order chi connectivity index (χ0) is 19.0. The summed E-state index contributed by atoms with van der Waals surface area (Å²) in [6.45, 7) is 7.34. The van der Waals surface area contributed by atoms with E-state index in [1.54, 1.807) is 31.6 Å². The molecule has 1 heterocycles. The summed E-state index contributed by atoms with van der Waals surface area (Å²) < 4.78 is 5.92. The molecular formula is C19H31N5O2. The number of aromatic nitrogens is 1. The lowest BCUT2D eigenvalue weighted by Gasteiger charge is -2.55. The van der Waals surface area contributed by atoms with Gasteiger partial charge in [0.25, 0.3) is 0 Å². The van der Waals surface area contributed by atoms with Crippen LogP contribution in [0.5, 0.6) is 0 Å². The van der Waals surface area contributed by atoms with Gasteiger partial charge in [-0.15, -0.1) is 0 Å². The number of ether oxygens (including phenoxy) is 1. The Morgan fingerprint density at radius 3 is 2.73 bits per heavy atom. The summed E-state index contributed by atoms with van der Waals surface area (Å²) in [6.07, 6.45) is 6.62. The molecule has 26 heavy (non-hydrogen) atoms. The molecule has 2 atom stereocenters. The minimum Gasteiger partial charge on any atom is -0.378 e. The molecule has 0 saturated heterocycles. The Kier molecular flexibility index (Phi) is 7.38. The highest BCUT2D eigenvalue weighted by Crippen LogP contribution is 2.48. The first kappa shape index (κ1) is 20.2. The molecule has 1 aromatic heterocycles. The quantitative estimate of drug-likeness (QED) is 0.488. The fourth-order valence-electron chi connectivity index (χ4n) is 3.75. The molecule has 0 bridgehead atoms. The number of guanidine groups is 1. The molecule has 3 N–H and O–H groups in total. The Morgan fingerprint density at radius 2 is 2.15 bits per heavy atom. The number of hydrogen-bond acceptors (Lipinski definition) is 4. The molecule has 1 fully saturated rings. The smallest absolute Gasteiger partial charge is 0.243 e. The highest BCUT2D eigenvalue weighted by molar-refractivity contribution is 5.94. The standard InChI is InChI=1S/C19H31N5O2/c1-5-19(6-2)15(11-16(19)26-7-3)24-18(20-4)22-13-17(25)23-14-9-8-10-21-12-14/h8-10,12,15-16H,5-7,11,13H2,1-4H3,(H,23,25)(H2,20,22,24). The van der Waals surface area contributed by atoms with E-state index in [-0.39, 0.29) is 24.0 Å². The average Bonchev–Trinajstić information content (AvgIpc) is 2.65. The number of hydrogen-bond donors (Lipinski definition) is 3. The normalized spacial score (nSPS) is 21.6. The van der Waals surface area contributed by atoms with Crippen LogP contribution in [-0.4, -0.2) is 49.2 Å². The third-order valence-electron chi connectivity index (χ3n) is 5.37. The zero-order valence-corrected chi connectivity index (χ0v) is 16.2. The third-order valence-corrected chi connectivity index (χ3v) is 5.37. The van der Waals surface area contributed by atoms with Crippen LogP contribution in [0.1, 0.15) is 40.0 Å². The van der Waals surface area contributed by atoms with Crippen molar-refractivity contribution in [3.05, 3.63) is 24.5 Å². The van der Waals surface area contributed by atoms with Crippen LogP contribution in [0.2, 0.25) is 0 Å². The molecule has 0 aromatic carbocycles. The first-order valence-electron chi connectivity index (χ1n) is 9.38. The predicted molar refractivity (Wildman–Crippen MR) is 104 cm³/mol. The summed E-state index contributed by atoms with van der Waals surface area (Å²) in [4.78, 5) is 20.3. The van der Waals surface area contributed by atoms with Crippen molar-refractivity contribution < 1.29 is 9.53 Å². The number of pyridine rings is 1. The molecule has 7 nitrogen and oxygen atoms in total. The van der Waals surface area contributed by atoms with Gasteiger partial charge in [-0.3, -0.25) is 14.8 Å². The van der Waals surface area contributed by atoms with E-state index in [0.29, 0.717) is 17.7 Å². The van der Waals surface area contributed by atoms with Crippen LogP contribution in [0.4, 0.5) is 5.69 Å². The number of amides is 1. The van der Waals surface area contributed by atoms with Gasteiger partial charge >= 0.3 is 0 Å². The second-order valence-electron chi connectivity index (χ2n) is 6.53. The van der Waals surface area contributed by atoms with E-state index in [9.17, 15) is 4.79 Å². The van der Waals surface area contributed by atoms with E-state index < -0.39 is 0 Å². The summed E-state index contributed by atoms with van der Waals surface area (Å²) in [5.41, 5.74) is 0.794. The summed E-state index contributed by atoms with van der Waals surface area (Å²) >= 11 is 0. The number of nitrogens with one attached hydrogen (secondary N) is 3. The Balaban J connectivity index is 1.86. The maximum atomic E-state index is 12.1. The van der Waals surface area contributed by atoms with E-state index >= 15 is 0 Å². The zero-order valence-electron chi connectivity index (χ0n) is 16.2.